The van der Waals surface area contributed by atoms with Crippen molar-refractivity contribution in [2.75, 3.05) is 50.5 Å². The Hall–Kier alpha value is -2.24. The number of para-hydroxylation sites is 1. The number of nitro groups is 1. The van der Waals surface area contributed by atoms with Gasteiger partial charge in [-0.3, -0.25) is 24.7 Å². The molecule has 2 aromatic carbocycles. The Morgan fingerprint density at radius 1 is 1.28 bits per heavy atom. The summed E-state index contributed by atoms with van der Waals surface area (Å²) in [7, 11) is 0. The van der Waals surface area contributed by atoms with E-state index in [0.29, 0.717) is 31.4 Å². The number of amides is 1. The van der Waals surface area contributed by atoms with Gasteiger partial charge < -0.3 is 4.74 Å². The lowest BCUT2D eigenvalue weighted by atomic mass is 10.2. The number of halogens is 1. The molecule has 8 nitrogen and oxygen atoms in total. The van der Waals surface area contributed by atoms with Crippen LogP contribution in [0.25, 0.3) is 10.2 Å². The zero-order valence-electron chi connectivity index (χ0n) is 17.4. The Bertz CT molecular complexity index is 1100. The fourth-order valence-corrected chi connectivity index (χ4v) is 5.10. The molecule has 1 aliphatic rings. The number of anilines is 1. The summed E-state index contributed by atoms with van der Waals surface area (Å²) in [4.78, 5) is 33.9. The molecule has 0 unspecified atom stereocenters. The minimum absolute atomic E-state index is 0. The second kappa shape index (κ2) is 11.1. The number of aromatic nitrogens is 1. The maximum absolute atomic E-state index is 13.4. The Labute approximate surface area is 200 Å². The molecular weight excluding hydrogens is 472 g/mol. The van der Waals surface area contributed by atoms with Crippen LogP contribution in [0.1, 0.15) is 10.4 Å². The van der Waals surface area contributed by atoms with Crippen molar-refractivity contribution in [1.29, 1.82) is 0 Å². The summed E-state index contributed by atoms with van der Waals surface area (Å²) >= 11 is 3.07. The number of thioether (sulfide) groups is 1. The zero-order chi connectivity index (χ0) is 21.8. The highest BCUT2D eigenvalue weighted by Crippen LogP contribution is 2.34. The second-order valence-corrected chi connectivity index (χ2v) is 8.88. The SMILES string of the molecule is CSc1cccc2sc(N(CCN3CCOCC3)C(=O)c3cccc([N+](=O)[O-])c3)nc12.Cl. The van der Waals surface area contributed by atoms with Crippen LogP contribution in [0.3, 0.4) is 0 Å². The minimum Gasteiger partial charge on any atom is -0.379 e. The van der Waals surface area contributed by atoms with Gasteiger partial charge in [-0.1, -0.05) is 23.5 Å². The van der Waals surface area contributed by atoms with Gasteiger partial charge in [0.05, 0.1) is 28.4 Å². The molecule has 0 bridgehead atoms. The van der Waals surface area contributed by atoms with Gasteiger partial charge in [0, 0.05) is 48.8 Å². The molecule has 1 aromatic heterocycles. The lowest BCUT2D eigenvalue weighted by molar-refractivity contribution is -0.384. The molecule has 1 amide bonds. The van der Waals surface area contributed by atoms with Crippen LogP contribution in [0.15, 0.2) is 47.4 Å². The summed E-state index contributed by atoms with van der Waals surface area (Å²) in [5.41, 5.74) is 1.05. The van der Waals surface area contributed by atoms with Crippen LogP contribution in [0.2, 0.25) is 0 Å². The van der Waals surface area contributed by atoms with E-state index in [9.17, 15) is 14.9 Å². The van der Waals surface area contributed by atoms with E-state index in [2.05, 4.69) is 4.90 Å². The zero-order valence-corrected chi connectivity index (χ0v) is 19.9. The van der Waals surface area contributed by atoms with Gasteiger partial charge in [0.25, 0.3) is 11.6 Å². The molecule has 0 N–H and O–H groups in total. The van der Waals surface area contributed by atoms with Crippen molar-refractivity contribution in [3.63, 3.8) is 0 Å². The van der Waals surface area contributed by atoms with Gasteiger partial charge in [-0.2, -0.15) is 0 Å². The quantitative estimate of drug-likeness (QED) is 0.274. The van der Waals surface area contributed by atoms with Crippen LogP contribution in [0, 0.1) is 10.1 Å². The van der Waals surface area contributed by atoms with E-state index in [1.807, 2.05) is 24.5 Å². The number of hydrogen-bond donors (Lipinski definition) is 0. The van der Waals surface area contributed by atoms with Crippen LogP contribution in [0.4, 0.5) is 10.8 Å². The first-order chi connectivity index (χ1) is 15.1. The van der Waals surface area contributed by atoms with Gasteiger partial charge in [-0.15, -0.1) is 24.2 Å². The van der Waals surface area contributed by atoms with Crippen molar-refractivity contribution in [2.45, 2.75) is 4.90 Å². The molecule has 2 heterocycles. The highest BCUT2D eigenvalue weighted by Gasteiger charge is 2.24. The molecule has 32 heavy (non-hydrogen) atoms. The first-order valence-electron chi connectivity index (χ1n) is 9.87. The molecule has 1 aliphatic heterocycles. The second-order valence-electron chi connectivity index (χ2n) is 7.02. The van der Waals surface area contributed by atoms with Crippen molar-refractivity contribution in [2.24, 2.45) is 0 Å². The van der Waals surface area contributed by atoms with Gasteiger partial charge in [0.2, 0.25) is 0 Å². The predicted octanol–water partition coefficient (Wildman–Crippen LogP) is 4.33. The third kappa shape index (κ3) is 5.38. The monoisotopic (exact) mass is 494 g/mol. The Kier molecular flexibility index (Phi) is 8.44. The average molecular weight is 495 g/mol. The maximum atomic E-state index is 13.4. The normalized spacial score (nSPS) is 14.2. The molecule has 1 fully saturated rings. The van der Waals surface area contributed by atoms with Crippen LogP contribution in [-0.2, 0) is 4.74 Å². The first kappa shape index (κ1) is 24.4. The average Bonchev–Trinajstić information content (AvgIpc) is 3.24. The van der Waals surface area contributed by atoms with Crippen molar-refractivity contribution in [3.8, 4) is 0 Å². The first-order valence-corrected chi connectivity index (χ1v) is 11.9. The number of nitro benzene ring substituents is 1. The number of carbonyl (C=O) groups excluding carboxylic acids is 1. The van der Waals surface area contributed by atoms with E-state index < -0.39 is 4.92 Å². The van der Waals surface area contributed by atoms with Crippen LogP contribution < -0.4 is 4.90 Å². The summed E-state index contributed by atoms with van der Waals surface area (Å²) in [5, 5.41) is 11.8. The van der Waals surface area contributed by atoms with Crippen LogP contribution in [0.5, 0.6) is 0 Å². The van der Waals surface area contributed by atoms with Crippen LogP contribution in [-0.4, -0.2) is 66.4 Å². The van der Waals surface area contributed by atoms with Gasteiger partial charge in [-0.25, -0.2) is 4.98 Å². The van der Waals surface area contributed by atoms with Crippen molar-refractivity contribution in [3.05, 3.63) is 58.1 Å². The number of benzene rings is 2. The number of nitrogens with zero attached hydrogens (tertiary/aromatic N) is 4. The number of rotatable bonds is 7. The Morgan fingerprint density at radius 3 is 2.75 bits per heavy atom. The molecule has 170 valence electrons. The van der Waals surface area contributed by atoms with Crippen molar-refractivity contribution in [1.82, 2.24) is 9.88 Å². The third-order valence-electron chi connectivity index (χ3n) is 5.11. The number of morpholine rings is 1. The van der Waals surface area contributed by atoms with Crippen molar-refractivity contribution < 1.29 is 14.5 Å². The molecular formula is C21H23ClN4O4S2. The van der Waals surface area contributed by atoms with E-state index in [0.717, 1.165) is 28.2 Å². The van der Waals surface area contributed by atoms with Gasteiger partial charge in [0.1, 0.15) is 0 Å². The molecule has 0 atom stereocenters. The van der Waals surface area contributed by atoms with Crippen LogP contribution >= 0.6 is 35.5 Å². The molecule has 0 spiro atoms. The smallest absolute Gasteiger partial charge is 0.270 e. The fraction of sp³-hybridized carbons (Fsp3) is 0.333. The number of hydrogen-bond acceptors (Lipinski definition) is 8. The van der Waals surface area contributed by atoms with E-state index in [-0.39, 0.29) is 29.6 Å². The number of ether oxygens (including phenoxy) is 1. The minimum atomic E-state index is -0.489. The Morgan fingerprint density at radius 2 is 2.03 bits per heavy atom. The standard InChI is InChI=1S/C21H22N4O4S2.ClH/c1-30-17-6-3-7-18-19(17)22-21(31-18)24(9-8-23-10-12-29-13-11-23)20(26)15-4-2-5-16(14-15)25(27)28;/h2-7,14H,8-13H2,1H3;1H. The number of non-ortho nitro benzene ring substituents is 1. The third-order valence-corrected chi connectivity index (χ3v) is 6.93. The lowest BCUT2D eigenvalue weighted by Gasteiger charge is -2.29. The van der Waals surface area contributed by atoms with E-state index in [4.69, 9.17) is 9.72 Å². The molecule has 3 aromatic rings. The largest absolute Gasteiger partial charge is 0.379 e. The van der Waals surface area contributed by atoms with Gasteiger partial charge in [-0.05, 0) is 24.5 Å². The van der Waals surface area contributed by atoms with E-state index >= 15 is 0 Å². The molecule has 0 aliphatic carbocycles. The summed E-state index contributed by atoms with van der Waals surface area (Å²) in [6, 6.07) is 11.8. The predicted molar refractivity (Wildman–Crippen MR) is 131 cm³/mol. The highest BCUT2D eigenvalue weighted by molar-refractivity contribution is 7.98. The molecule has 4 rings (SSSR count). The highest BCUT2D eigenvalue weighted by atomic mass is 35.5. The summed E-state index contributed by atoms with van der Waals surface area (Å²) in [6.45, 7) is 4.10. The Balaban J connectivity index is 0.00000289. The molecule has 0 radical (unpaired) electrons. The maximum Gasteiger partial charge on any atom is 0.270 e. The van der Waals surface area contributed by atoms with E-state index in [1.54, 1.807) is 22.7 Å². The number of fused-ring (bicyclic) bond motifs is 1. The van der Waals surface area contributed by atoms with Gasteiger partial charge in [0.15, 0.2) is 5.13 Å². The summed E-state index contributed by atoms with van der Waals surface area (Å²) < 4.78 is 6.41. The lowest BCUT2D eigenvalue weighted by Crippen LogP contribution is -2.43. The fourth-order valence-electron chi connectivity index (χ4n) is 3.45. The van der Waals surface area contributed by atoms with E-state index in [1.165, 1.54) is 29.5 Å². The molecule has 0 saturated carbocycles. The topological polar surface area (TPSA) is 88.8 Å². The number of carbonyl (C=O) groups is 1. The number of thiazole rings is 1. The summed E-state index contributed by atoms with van der Waals surface area (Å²) in [5.74, 6) is -0.290. The summed E-state index contributed by atoms with van der Waals surface area (Å²) in [6.07, 6.45) is 2.00. The molecule has 1 saturated heterocycles. The van der Waals surface area contributed by atoms with Gasteiger partial charge >= 0.3 is 0 Å². The molecule has 11 heteroatoms. The van der Waals surface area contributed by atoms with Crippen molar-refractivity contribution >= 4 is 62.4 Å².